The Bertz CT molecular complexity index is 840. The zero-order valence-electron chi connectivity index (χ0n) is 16.4. The Hall–Kier alpha value is -2.49. The lowest BCUT2D eigenvalue weighted by atomic mass is 9.94. The first kappa shape index (κ1) is 17.9. The number of nitrogens with zero attached hydrogens (tertiary/aromatic N) is 2. The molecule has 2 aromatic rings. The van der Waals surface area contributed by atoms with Gasteiger partial charge in [-0.05, 0) is 54.2 Å². The quantitative estimate of drug-likeness (QED) is 0.748. The molecule has 4 rings (SSSR count). The maximum Gasteiger partial charge on any atom is 0.312 e. The molecule has 2 aliphatic heterocycles. The number of hydrogen-bond acceptors (Lipinski definition) is 4. The van der Waals surface area contributed by atoms with Gasteiger partial charge in [0.1, 0.15) is 0 Å². The van der Waals surface area contributed by atoms with Crippen molar-refractivity contribution in [2.45, 2.75) is 32.6 Å². The van der Waals surface area contributed by atoms with Crippen LogP contribution in [-0.2, 0) is 16.0 Å². The van der Waals surface area contributed by atoms with E-state index in [1.165, 1.54) is 41.7 Å². The van der Waals surface area contributed by atoms with E-state index >= 15 is 0 Å². The van der Waals surface area contributed by atoms with Gasteiger partial charge < -0.3 is 14.5 Å². The molecule has 0 aromatic heterocycles. The Kier molecular flexibility index (Phi) is 4.81. The van der Waals surface area contributed by atoms with E-state index in [9.17, 15) is 4.79 Å². The summed E-state index contributed by atoms with van der Waals surface area (Å²) in [5.41, 5.74) is 6.61. The van der Waals surface area contributed by atoms with Gasteiger partial charge in [-0.15, -0.1) is 0 Å². The highest BCUT2D eigenvalue weighted by Gasteiger charge is 2.33. The van der Waals surface area contributed by atoms with Crippen molar-refractivity contribution in [2.75, 3.05) is 36.5 Å². The van der Waals surface area contributed by atoms with E-state index in [1.807, 2.05) is 0 Å². The minimum absolute atomic E-state index is 0.00354. The number of anilines is 3. The SMILES string of the molecule is COC(=O)C1CN(c2cccc(N3CCCc4cc(C(C)C)ccc43)c2)C1. The van der Waals surface area contributed by atoms with Crippen LogP contribution in [0.5, 0.6) is 0 Å². The summed E-state index contributed by atoms with van der Waals surface area (Å²) in [7, 11) is 1.46. The first-order valence-corrected chi connectivity index (χ1v) is 9.90. The third-order valence-corrected chi connectivity index (χ3v) is 5.81. The van der Waals surface area contributed by atoms with Crippen LogP contribution in [0.25, 0.3) is 0 Å². The van der Waals surface area contributed by atoms with Crippen molar-refractivity contribution in [2.24, 2.45) is 5.92 Å². The van der Waals surface area contributed by atoms with Crippen LogP contribution in [0.4, 0.5) is 17.1 Å². The third kappa shape index (κ3) is 3.41. The molecule has 0 unspecified atom stereocenters. The maximum absolute atomic E-state index is 11.6. The molecule has 4 heteroatoms. The number of methoxy groups -OCH3 is 1. The van der Waals surface area contributed by atoms with Gasteiger partial charge in [0.25, 0.3) is 0 Å². The van der Waals surface area contributed by atoms with Crippen molar-refractivity contribution >= 4 is 23.0 Å². The number of esters is 1. The molecule has 2 aromatic carbocycles. The number of ether oxygens (including phenoxy) is 1. The smallest absolute Gasteiger partial charge is 0.312 e. The summed E-state index contributed by atoms with van der Waals surface area (Å²) < 4.78 is 4.85. The van der Waals surface area contributed by atoms with Gasteiger partial charge in [-0.1, -0.05) is 32.0 Å². The number of aryl methyl sites for hydroxylation is 1. The molecule has 0 atom stereocenters. The summed E-state index contributed by atoms with van der Waals surface area (Å²) in [6.07, 6.45) is 2.33. The van der Waals surface area contributed by atoms with Crippen molar-refractivity contribution in [3.63, 3.8) is 0 Å². The average molecular weight is 364 g/mol. The normalized spacial score (nSPS) is 16.9. The second kappa shape index (κ2) is 7.26. The lowest BCUT2D eigenvalue weighted by Gasteiger charge is -2.40. The van der Waals surface area contributed by atoms with E-state index in [1.54, 1.807) is 0 Å². The van der Waals surface area contributed by atoms with Gasteiger partial charge in [-0.2, -0.15) is 0 Å². The van der Waals surface area contributed by atoms with Gasteiger partial charge in [0.05, 0.1) is 13.0 Å². The summed E-state index contributed by atoms with van der Waals surface area (Å²) in [6.45, 7) is 7.03. The number of benzene rings is 2. The first-order chi connectivity index (χ1) is 13.1. The fraction of sp³-hybridized carbons (Fsp3) is 0.435. The standard InChI is InChI=1S/C23H28N2O2/c1-16(2)17-9-10-22-18(12-17)6-5-11-25(22)21-8-4-7-20(13-21)24-14-19(15-24)23(26)27-3/h4,7-10,12-13,16,19H,5-6,11,14-15H2,1-3H3. The van der Waals surface area contributed by atoms with Crippen molar-refractivity contribution in [1.82, 2.24) is 0 Å². The van der Waals surface area contributed by atoms with Crippen LogP contribution in [-0.4, -0.2) is 32.7 Å². The van der Waals surface area contributed by atoms with Crippen LogP contribution in [0, 0.1) is 5.92 Å². The maximum atomic E-state index is 11.6. The molecule has 0 amide bonds. The molecule has 2 aliphatic rings. The molecule has 0 spiro atoms. The predicted molar refractivity (Wildman–Crippen MR) is 110 cm³/mol. The summed E-state index contributed by atoms with van der Waals surface area (Å²) in [5.74, 6) is 0.459. The average Bonchev–Trinajstić information content (AvgIpc) is 2.66. The Morgan fingerprint density at radius 1 is 1.11 bits per heavy atom. The van der Waals surface area contributed by atoms with Crippen molar-refractivity contribution in [1.29, 1.82) is 0 Å². The third-order valence-electron chi connectivity index (χ3n) is 5.81. The van der Waals surface area contributed by atoms with Crippen molar-refractivity contribution in [3.8, 4) is 0 Å². The van der Waals surface area contributed by atoms with E-state index in [0.717, 1.165) is 26.1 Å². The highest BCUT2D eigenvalue weighted by molar-refractivity contribution is 5.77. The molecule has 0 bridgehead atoms. The van der Waals surface area contributed by atoms with E-state index < -0.39 is 0 Å². The Morgan fingerprint density at radius 3 is 2.63 bits per heavy atom. The number of carbonyl (C=O) groups excluding carboxylic acids is 1. The molecular weight excluding hydrogens is 336 g/mol. The number of fused-ring (bicyclic) bond motifs is 1. The Morgan fingerprint density at radius 2 is 1.89 bits per heavy atom. The summed E-state index contributed by atoms with van der Waals surface area (Å²) in [4.78, 5) is 16.3. The van der Waals surface area contributed by atoms with Gasteiger partial charge in [-0.25, -0.2) is 0 Å². The highest BCUT2D eigenvalue weighted by atomic mass is 16.5. The number of rotatable bonds is 4. The second-order valence-corrected chi connectivity index (χ2v) is 7.94. The lowest BCUT2D eigenvalue weighted by Crippen LogP contribution is -2.50. The minimum Gasteiger partial charge on any atom is -0.469 e. The second-order valence-electron chi connectivity index (χ2n) is 7.94. The Balaban J connectivity index is 1.56. The highest BCUT2D eigenvalue weighted by Crippen LogP contribution is 2.37. The van der Waals surface area contributed by atoms with Crippen LogP contribution in [0.15, 0.2) is 42.5 Å². The van der Waals surface area contributed by atoms with E-state index in [4.69, 9.17) is 4.74 Å². The Labute approximate surface area is 161 Å². The zero-order valence-corrected chi connectivity index (χ0v) is 16.4. The lowest BCUT2D eigenvalue weighted by molar-refractivity contribution is -0.146. The van der Waals surface area contributed by atoms with Crippen LogP contribution < -0.4 is 9.80 Å². The van der Waals surface area contributed by atoms with E-state index in [2.05, 4.69) is 66.1 Å². The van der Waals surface area contributed by atoms with Gasteiger partial charge in [0.2, 0.25) is 0 Å². The predicted octanol–water partition coefficient (Wildman–Crippen LogP) is 4.50. The molecule has 142 valence electrons. The van der Waals surface area contributed by atoms with Crippen LogP contribution in [0.2, 0.25) is 0 Å². The molecule has 0 aliphatic carbocycles. The molecule has 27 heavy (non-hydrogen) atoms. The summed E-state index contributed by atoms with van der Waals surface area (Å²) >= 11 is 0. The molecule has 0 radical (unpaired) electrons. The molecule has 1 saturated heterocycles. The topological polar surface area (TPSA) is 32.8 Å². The van der Waals surface area contributed by atoms with Crippen molar-refractivity contribution in [3.05, 3.63) is 53.6 Å². The fourth-order valence-corrected chi connectivity index (χ4v) is 4.11. The molecule has 0 saturated carbocycles. The monoisotopic (exact) mass is 364 g/mol. The van der Waals surface area contributed by atoms with Crippen LogP contribution in [0.1, 0.15) is 37.3 Å². The summed E-state index contributed by atoms with van der Waals surface area (Å²) in [6, 6.07) is 15.6. The molecular formula is C23H28N2O2. The van der Waals surface area contributed by atoms with Gasteiger partial charge in [-0.3, -0.25) is 4.79 Å². The molecule has 1 fully saturated rings. The van der Waals surface area contributed by atoms with Crippen LogP contribution in [0.3, 0.4) is 0 Å². The first-order valence-electron chi connectivity index (χ1n) is 9.90. The van der Waals surface area contributed by atoms with Crippen molar-refractivity contribution < 1.29 is 9.53 Å². The summed E-state index contributed by atoms with van der Waals surface area (Å²) in [5, 5.41) is 0. The largest absolute Gasteiger partial charge is 0.469 e. The van der Waals surface area contributed by atoms with Gasteiger partial charge in [0, 0.05) is 36.7 Å². The number of hydrogen-bond donors (Lipinski definition) is 0. The molecule has 0 N–H and O–H groups in total. The fourth-order valence-electron chi connectivity index (χ4n) is 4.11. The van der Waals surface area contributed by atoms with E-state index in [-0.39, 0.29) is 11.9 Å². The van der Waals surface area contributed by atoms with Gasteiger partial charge >= 0.3 is 5.97 Å². The minimum atomic E-state index is -0.103. The van der Waals surface area contributed by atoms with E-state index in [0.29, 0.717) is 5.92 Å². The molecule has 4 nitrogen and oxygen atoms in total. The molecule has 2 heterocycles. The van der Waals surface area contributed by atoms with Gasteiger partial charge in [0.15, 0.2) is 0 Å². The number of carbonyl (C=O) groups is 1. The zero-order chi connectivity index (χ0) is 19.0. The van der Waals surface area contributed by atoms with Crippen LogP contribution >= 0.6 is 0 Å².